The van der Waals surface area contributed by atoms with E-state index in [1.807, 2.05) is 24.3 Å². The Morgan fingerprint density at radius 1 is 0.279 bits per heavy atom. The monoisotopic (exact) mass is 777 g/mol. The highest BCUT2D eigenvalue weighted by Gasteiger charge is 2.22. The first-order valence-corrected chi connectivity index (χ1v) is 20.6. The van der Waals surface area contributed by atoms with Gasteiger partial charge in [0.25, 0.3) is 0 Å². The third-order valence-electron chi connectivity index (χ3n) is 11.9. The first-order chi connectivity index (χ1) is 30.2. The highest BCUT2D eigenvalue weighted by molar-refractivity contribution is 6.27. The van der Waals surface area contributed by atoms with Gasteiger partial charge in [-0.15, -0.1) is 0 Å². The number of hydrogen-bond donors (Lipinski definition) is 0. The van der Waals surface area contributed by atoms with Crippen LogP contribution < -0.4 is 0 Å². The van der Waals surface area contributed by atoms with E-state index in [0.717, 1.165) is 99.5 Å². The molecule has 0 N–H and O–H groups in total. The average molecular weight is 778 g/mol. The number of furan rings is 1. The van der Waals surface area contributed by atoms with Crippen LogP contribution in [0.5, 0.6) is 0 Å². The Balaban J connectivity index is 0.967. The van der Waals surface area contributed by atoms with Crippen LogP contribution in [0.25, 0.3) is 122 Å². The number of aromatic nitrogens is 3. The summed E-state index contributed by atoms with van der Waals surface area (Å²) in [5, 5.41) is 6.59. The van der Waals surface area contributed by atoms with Gasteiger partial charge in [-0.1, -0.05) is 182 Å². The Morgan fingerprint density at radius 2 is 0.803 bits per heavy atom. The van der Waals surface area contributed by atoms with Crippen molar-refractivity contribution in [2.75, 3.05) is 0 Å². The molecule has 0 spiro atoms. The topological polar surface area (TPSA) is 51.8 Å². The van der Waals surface area contributed by atoms with Crippen molar-refractivity contribution >= 4 is 54.5 Å². The number of para-hydroxylation sites is 3. The van der Waals surface area contributed by atoms with Crippen LogP contribution in [0.4, 0.5) is 0 Å². The van der Waals surface area contributed by atoms with Gasteiger partial charge in [-0.25, -0.2) is 15.0 Å². The Hall–Kier alpha value is -8.21. The van der Waals surface area contributed by atoms with Crippen molar-refractivity contribution in [3.05, 3.63) is 212 Å². The highest BCUT2D eigenvalue weighted by atomic mass is 16.3. The fourth-order valence-electron chi connectivity index (χ4n) is 8.96. The second kappa shape index (κ2) is 14.3. The molecule has 12 rings (SSSR count). The van der Waals surface area contributed by atoms with E-state index in [1.54, 1.807) is 0 Å². The molecule has 0 radical (unpaired) electrons. The molecule has 0 saturated heterocycles. The Bertz CT molecular complexity index is 3610. The smallest absolute Gasteiger partial charge is 0.160 e. The first-order valence-electron chi connectivity index (χ1n) is 20.6. The van der Waals surface area contributed by atoms with E-state index in [4.69, 9.17) is 19.4 Å². The van der Waals surface area contributed by atoms with Gasteiger partial charge in [0.05, 0.1) is 22.4 Å². The van der Waals surface area contributed by atoms with E-state index in [9.17, 15) is 0 Å². The van der Waals surface area contributed by atoms with E-state index >= 15 is 0 Å². The number of rotatable bonds is 6. The second-order valence-electron chi connectivity index (χ2n) is 15.5. The summed E-state index contributed by atoms with van der Waals surface area (Å²) < 4.78 is 6.61. The maximum Gasteiger partial charge on any atom is 0.160 e. The highest BCUT2D eigenvalue weighted by Crippen LogP contribution is 2.46. The standard InChI is InChI=1S/C57H35N3O/c1-3-14-36(15-4-1)37-26-30-40(31-27-37)55-45-21-8-11-24-49(45)59-57(60-55)41-32-28-38(29-33-41)42-18-13-19-43(34-42)56-47-35-51-54(46-22-9-12-25-50(46)61-51)52(39-16-5-2-6-17-39)53(47)44-20-7-10-23-48(44)58-56/h1-35H. The second-order valence-corrected chi connectivity index (χ2v) is 15.5. The van der Waals surface area contributed by atoms with Crippen LogP contribution in [-0.2, 0) is 0 Å². The molecular formula is C57H35N3O. The Labute approximate surface area is 352 Å². The zero-order valence-corrected chi connectivity index (χ0v) is 33.0. The Kier molecular flexibility index (Phi) is 8.13. The summed E-state index contributed by atoms with van der Waals surface area (Å²) in [6, 6.07) is 74.3. The molecule has 4 heteroatoms. The van der Waals surface area contributed by atoms with Gasteiger partial charge < -0.3 is 4.42 Å². The third kappa shape index (κ3) is 5.96. The predicted octanol–water partition coefficient (Wildman–Crippen LogP) is 15.2. The van der Waals surface area contributed by atoms with E-state index in [-0.39, 0.29) is 0 Å². The van der Waals surface area contributed by atoms with Gasteiger partial charge in [0.1, 0.15) is 11.2 Å². The molecule has 12 aromatic rings. The maximum absolute atomic E-state index is 6.61. The van der Waals surface area contributed by atoms with Crippen molar-refractivity contribution in [3.8, 4) is 67.3 Å². The molecule has 0 amide bonds. The SMILES string of the molecule is c1ccc(-c2ccc(-c3nc(-c4ccc(-c5cccc(-c6nc7ccccc7c7c(-c8ccccc8)c8c(cc67)oc6ccccc68)c5)cc4)nc4ccccc34)cc2)cc1. The fourth-order valence-corrected chi connectivity index (χ4v) is 8.96. The lowest BCUT2D eigenvalue weighted by molar-refractivity contribution is 0.669. The van der Waals surface area contributed by atoms with Crippen molar-refractivity contribution in [1.82, 2.24) is 15.0 Å². The lowest BCUT2D eigenvalue weighted by atomic mass is 9.89. The number of hydrogen-bond acceptors (Lipinski definition) is 4. The van der Waals surface area contributed by atoms with Gasteiger partial charge in [0.2, 0.25) is 0 Å². The van der Waals surface area contributed by atoms with Gasteiger partial charge in [0.15, 0.2) is 5.82 Å². The quantitative estimate of drug-likeness (QED) is 0.158. The molecule has 0 aliphatic heterocycles. The molecule has 0 bridgehead atoms. The Morgan fingerprint density at radius 3 is 1.56 bits per heavy atom. The van der Waals surface area contributed by atoms with E-state index in [1.165, 1.54) is 16.5 Å². The molecule has 284 valence electrons. The van der Waals surface area contributed by atoms with Crippen LogP contribution in [0.15, 0.2) is 217 Å². The molecule has 0 unspecified atom stereocenters. The summed E-state index contributed by atoms with van der Waals surface area (Å²) in [6.07, 6.45) is 0. The van der Waals surface area contributed by atoms with E-state index < -0.39 is 0 Å². The van der Waals surface area contributed by atoms with Crippen LogP contribution in [0.1, 0.15) is 0 Å². The van der Waals surface area contributed by atoms with Gasteiger partial charge in [-0.3, -0.25) is 0 Å². The zero-order chi connectivity index (χ0) is 40.3. The van der Waals surface area contributed by atoms with Gasteiger partial charge >= 0.3 is 0 Å². The molecular weight excluding hydrogens is 743 g/mol. The van der Waals surface area contributed by atoms with Crippen LogP contribution in [0, 0.1) is 0 Å². The van der Waals surface area contributed by atoms with Crippen LogP contribution in [0.3, 0.4) is 0 Å². The minimum absolute atomic E-state index is 0.694. The number of benzene rings is 9. The molecule has 3 heterocycles. The first kappa shape index (κ1) is 34.8. The zero-order valence-electron chi connectivity index (χ0n) is 33.0. The summed E-state index contributed by atoms with van der Waals surface area (Å²) in [7, 11) is 0. The molecule has 0 saturated carbocycles. The maximum atomic E-state index is 6.61. The van der Waals surface area contributed by atoms with Crippen LogP contribution in [-0.4, -0.2) is 15.0 Å². The van der Waals surface area contributed by atoms with Crippen molar-refractivity contribution < 1.29 is 4.42 Å². The molecule has 61 heavy (non-hydrogen) atoms. The van der Waals surface area contributed by atoms with Gasteiger partial charge in [-0.05, 0) is 58.1 Å². The third-order valence-corrected chi connectivity index (χ3v) is 11.9. The lowest BCUT2D eigenvalue weighted by Crippen LogP contribution is -1.95. The number of nitrogens with zero attached hydrogens (tertiary/aromatic N) is 3. The minimum atomic E-state index is 0.694. The summed E-state index contributed by atoms with van der Waals surface area (Å²) in [5.41, 5.74) is 15.3. The van der Waals surface area contributed by atoms with Crippen molar-refractivity contribution in [1.29, 1.82) is 0 Å². The van der Waals surface area contributed by atoms with E-state index in [2.05, 4.69) is 188 Å². The lowest BCUT2D eigenvalue weighted by Gasteiger charge is -2.16. The molecule has 0 atom stereocenters. The van der Waals surface area contributed by atoms with Crippen LogP contribution in [0.2, 0.25) is 0 Å². The summed E-state index contributed by atoms with van der Waals surface area (Å²) in [4.78, 5) is 15.6. The summed E-state index contributed by atoms with van der Waals surface area (Å²) in [6.45, 7) is 0. The molecule has 0 aliphatic carbocycles. The average Bonchev–Trinajstić information content (AvgIpc) is 3.71. The van der Waals surface area contributed by atoms with E-state index in [0.29, 0.717) is 5.82 Å². The summed E-state index contributed by atoms with van der Waals surface area (Å²) in [5.74, 6) is 0.694. The van der Waals surface area contributed by atoms with Crippen molar-refractivity contribution in [2.45, 2.75) is 0 Å². The van der Waals surface area contributed by atoms with Crippen molar-refractivity contribution in [2.24, 2.45) is 0 Å². The molecule has 0 fully saturated rings. The minimum Gasteiger partial charge on any atom is -0.456 e. The normalized spacial score (nSPS) is 11.6. The molecule has 9 aromatic carbocycles. The molecule has 4 nitrogen and oxygen atoms in total. The molecule has 3 aromatic heterocycles. The summed E-state index contributed by atoms with van der Waals surface area (Å²) >= 11 is 0. The van der Waals surface area contributed by atoms with Crippen LogP contribution >= 0.6 is 0 Å². The number of fused-ring (bicyclic) bond motifs is 7. The van der Waals surface area contributed by atoms with Gasteiger partial charge in [-0.2, -0.15) is 0 Å². The predicted molar refractivity (Wildman–Crippen MR) is 252 cm³/mol. The number of pyridine rings is 1. The molecule has 0 aliphatic rings. The van der Waals surface area contributed by atoms with Gasteiger partial charge in [0, 0.05) is 54.6 Å². The van der Waals surface area contributed by atoms with Crippen molar-refractivity contribution in [3.63, 3.8) is 0 Å². The largest absolute Gasteiger partial charge is 0.456 e. The fraction of sp³-hybridized carbons (Fsp3) is 0.